The Labute approximate surface area is 234 Å². The van der Waals surface area contributed by atoms with Gasteiger partial charge in [-0.2, -0.15) is 0 Å². The molecule has 38 heavy (non-hydrogen) atoms. The Hall–Kier alpha value is -0.630. The van der Waals surface area contributed by atoms with Gasteiger partial charge in [-0.3, -0.25) is 9.05 Å². The lowest BCUT2D eigenvalue weighted by atomic mass is 10.1. The molecule has 0 amide bonds. The highest BCUT2D eigenvalue weighted by Crippen LogP contribution is 2.47. The summed E-state index contributed by atoms with van der Waals surface area (Å²) in [5, 5.41) is 0. The highest BCUT2D eigenvalue weighted by molar-refractivity contribution is 7.47. The summed E-state index contributed by atoms with van der Waals surface area (Å²) in [6.45, 7) is 21.4. The van der Waals surface area contributed by atoms with Crippen LogP contribution >= 0.6 is 7.82 Å². The molecule has 8 nitrogen and oxygen atoms in total. The number of hydrogen-bond donors (Lipinski definition) is 1. The Kier molecular flexibility index (Phi) is 20.8. The second-order valence-corrected chi connectivity index (χ2v) is 12.5. The summed E-state index contributed by atoms with van der Waals surface area (Å²) in [7, 11) is -4.44. The van der Waals surface area contributed by atoms with E-state index in [4.69, 9.17) is 9.05 Å². The van der Waals surface area contributed by atoms with Crippen LogP contribution in [-0.4, -0.2) is 91.0 Å². The lowest BCUT2D eigenvalue weighted by Crippen LogP contribution is -2.51. The van der Waals surface area contributed by atoms with E-state index in [-0.39, 0.29) is 12.8 Å². The second kappa shape index (κ2) is 21.2. The van der Waals surface area contributed by atoms with Gasteiger partial charge in [0, 0.05) is 19.3 Å². The first-order valence-electron chi connectivity index (χ1n) is 15.4. The Morgan fingerprint density at radius 2 is 0.947 bits per heavy atom. The summed E-state index contributed by atoms with van der Waals surface area (Å²) in [5.41, 5.74) is 0. The van der Waals surface area contributed by atoms with Crippen molar-refractivity contribution < 1.29 is 37.1 Å². The summed E-state index contributed by atoms with van der Waals surface area (Å²) in [5.74, 6) is 0. The van der Waals surface area contributed by atoms with Crippen molar-refractivity contribution in [3.8, 4) is 0 Å². The first-order valence-corrected chi connectivity index (χ1v) is 16.9. The minimum absolute atomic E-state index is 0.0433. The molecule has 3 atom stereocenters. The average molecular weight is 565 g/mol. The summed E-state index contributed by atoms with van der Waals surface area (Å²) in [6, 6.07) is 0. The van der Waals surface area contributed by atoms with E-state index < -0.39 is 20.0 Å². The number of hydrogen-bond acceptors (Lipinski definition) is 5. The predicted molar refractivity (Wildman–Crippen MR) is 156 cm³/mol. The van der Waals surface area contributed by atoms with Gasteiger partial charge < -0.3 is 23.4 Å². The van der Waals surface area contributed by atoms with Crippen LogP contribution in [0.25, 0.3) is 0 Å². The number of rotatable bonds is 27. The maximum absolute atomic E-state index is 13.0. The van der Waals surface area contributed by atoms with Crippen molar-refractivity contribution >= 4 is 20.4 Å². The Balaban J connectivity index is 5.32. The van der Waals surface area contributed by atoms with Crippen molar-refractivity contribution in [2.24, 2.45) is 0 Å². The van der Waals surface area contributed by atoms with Gasteiger partial charge in [-0.15, -0.1) is 0 Å². The standard InChI is InChI=1S/C29H60N2O6P/c1-7-18-30(19-8-2,20-9-3)24-13-14-28(16-26-32)36-38(34,35)37-29(17-27-33)15-25-31(21-10-4,22-11-5)23-12-6/h26-29H,7-25H2,1-6H3/q+1/p+1. The summed E-state index contributed by atoms with van der Waals surface area (Å²) in [6.07, 6.45) is 8.56. The van der Waals surface area contributed by atoms with Crippen LogP contribution < -0.4 is 0 Å². The molecule has 0 aromatic heterocycles. The van der Waals surface area contributed by atoms with Crippen molar-refractivity contribution in [3.05, 3.63) is 0 Å². The van der Waals surface area contributed by atoms with Gasteiger partial charge >= 0.3 is 7.82 Å². The molecule has 9 heteroatoms. The highest BCUT2D eigenvalue weighted by Gasteiger charge is 2.33. The second-order valence-electron chi connectivity index (χ2n) is 11.1. The fourth-order valence-corrected chi connectivity index (χ4v) is 7.49. The third-order valence-electron chi connectivity index (χ3n) is 7.55. The number of phosphoric acid groups is 1. The van der Waals surface area contributed by atoms with E-state index in [0.29, 0.717) is 12.8 Å². The van der Waals surface area contributed by atoms with Crippen molar-refractivity contribution in [2.45, 2.75) is 124 Å². The van der Waals surface area contributed by atoms with Crippen LogP contribution in [0.5, 0.6) is 0 Å². The SMILES string of the molecule is CCC[N+](CCC)(CCC)CCCC(CC=O)OP(=O)(O)OC(CC=O)CC[N+](CCC)(CCC)CCC. The summed E-state index contributed by atoms with van der Waals surface area (Å²) >= 11 is 0. The molecule has 0 aliphatic heterocycles. The van der Waals surface area contributed by atoms with Crippen molar-refractivity contribution in [3.63, 3.8) is 0 Å². The normalized spacial score (nSPS) is 15.7. The van der Waals surface area contributed by atoms with Crippen molar-refractivity contribution in [2.75, 3.05) is 52.4 Å². The van der Waals surface area contributed by atoms with Gasteiger partial charge in [-0.05, 0) is 51.4 Å². The van der Waals surface area contributed by atoms with E-state index in [9.17, 15) is 19.0 Å². The molecule has 0 spiro atoms. The zero-order valence-electron chi connectivity index (χ0n) is 25.6. The molecule has 0 aromatic carbocycles. The zero-order chi connectivity index (χ0) is 28.9. The van der Waals surface area contributed by atoms with Gasteiger partial charge in [0.2, 0.25) is 0 Å². The molecule has 3 unspecified atom stereocenters. The van der Waals surface area contributed by atoms with Gasteiger partial charge in [0.1, 0.15) is 12.6 Å². The Morgan fingerprint density at radius 3 is 1.29 bits per heavy atom. The van der Waals surface area contributed by atoms with E-state index in [1.54, 1.807) is 0 Å². The van der Waals surface area contributed by atoms with Gasteiger partial charge in [0.05, 0.1) is 64.6 Å². The molecule has 0 bridgehead atoms. The molecule has 0 rings (SSSR count). The number of carbonyl (C=O) groups excluding carboxylic acids is 2. The molecule has 1 N–H and O–H groups in total. The van der Waals surface area contributed by atoms with E-state index in [0.717, 1.165) is 119 Å². The van der Waals surface area contributed by atoms with Crippen LogP contribution in [0.2, 0.25) is 0 Å². The van der Waals surface area contributed by atoms with Crippen LogP contribution in [0.15, 0.2) is 0 Å². The number of carbonyl (C=O) groups is 2. The largest absolute Gasteiger partial charge is 0.472 e. The first-order chi connectivity index (χ1) is 18.1. The van der Waals surface area contributed by atoms with Crippen LogP contribution in [-0.2, 0) is 23.2 Å². The minimum Gasteiger partial charge on any atom is -0.324 e. The van der Waals surface area contributed by atoms with Gasteiger partial charge in [0.25, 0.3) is 0 Å². The monoisotopic (exact) mass is 564 g/mol. The topological polar surface area (TPSA) is 89.9 Å². The molecule has 0 saturated heterocycles. The van der Waals surface area contributed by atoms with Crippen molar-refractivity contribution in [1.82, 2.24) is 0 Å². The zero-order valence-corrected chi connectivity index (χ0v) is 26.5. The van der Waals surface area contributed by atoms with Crippen LogP contribution in [0.4, 0.5) is 0 Å². The molecule has 226 valence electrons. The van der Waals surface area contributed by atoms with Crippen LogP contribution in [0, 0.1) is 0 Å². The lowest BCUT2D eigenvalue weighted by molar-refractivity contribution is -0.928. The predicted octanol–water partition coefficient (Wildman–Crippen LogP) is 6.30. The molecule has 0 radical (unpaired) electrons. The third-order valence-corrected chi connectivity index (χ3v) is 8.68. The van der Waals surface area contributed by atoms with Crippen LogP contribution in [0.1, 0.15) is 112 Å². The number of nitrogens with zero attached hydrogens (tertiary/aromatic N) is 2. The fraction of sp³-hybridized carbons (Fsp3) is 0.931. The maximum Gasteiger partial charge on any atom is 0.472 e. The highest BCUT2D eigenvalue weighted by atomic mass is 31.2. The van der Waals surface area contributed by atoms with Crippen molar-refractivity contribution in [1.29, 1.82) is 0 Å². The molecular weight excluding hydrogens is 503 g/mol. The number of aldehydes is 2. The summed E-state index contributed by atoms with van der Waals surface area (Å²) < 4.78 is 26.1. The minimum atomic E-state index is -4.44. The Morgan fingerprint density at radius 1 is 0.605 bits per heavy atom. The number of phosphoric ester groups is 1. The van der Waals surface area contributed by atoms with E-state index >= 15 is 0 Å². The fourth-order valence-electron chi connectivity index (χ4n) is 6.30. The molecular formula is C29H61N2O6P+2. The van der Waals surface area contributed by atoms with E-state index in [1.807, 2.05) is 0 Å². The maximum atomic E-state index is 13.0. The molecule has 0 heterocycles. The molecule has 0 fully saturated rings. The summed E-state index contributed by atoms with van der Waals surface area (Å²) in [4.78, 5) is 33.4. The van der Waals surface area contributed by atoms with Gasteiger partial charge in [-0.1, -0.05) is 41.5 Å². The van der Waals surface area contributed by atoms with Crippen LogP contribution in [0.3, 0.4) is 0 Å². The smallest absolute Gasteiger partial charge is 0.324 e. The Bertz CT molecular complexity index is 629. The molecule has 0 aliphatic rings. The average Bonchev–Trinajstić information content (AvgIpc) is 2.83. The quantitative estimate of drug-likeness (QED) is 0.0716. The van der Waals surface area contributed by atoms with Gasteiger partial charge in [0.15, 0.2) is 0 Å². The molecule has 0 aromatic rings. The van der Waals surface area contributed by atoms with E-state index in [1.165, 1.54) is 0 Å². The lowest BCUT2D eigenvalue weighted by Gasteiger charge is -2.39. The first kappa shape index (κ1) is 37.4. The third kappa shape index (κ3) is 15.2. The number of quaternary nitrogens is 2. The van der Waals surface area contributed by atoms with E-state index in [2.05, 4.69) is 41.5 Å². The molecule has 0 saturated carbocycles. The molecule has 0 aliphatic carbocycles. The van der Waals surface area contributed by atoms with Gasteiger partial charge in [-0.25, -0.2) is 4.57 Å².